The summed E-state index contributed by atoms with van der Waals surface area (Å²) in [5.41, 5.74) is 10.3. The van der Waals surface area contributed by atoms with Crippen LogP contribution in [0.1, 0.15) is 69.6 Å². The predicted octanol–water partition coefficient (Wildman–Crippen LogP) is 5.61. The van der Waals surface area contributed by atoms with Crippen molar-refractivity contribution in [1.82, 2.24) is 0 Å². The summed E-state index contributed by atoms with van der Waals surface area (Å²) in [7, 11) is 0. The lowest BCUT2D eigenvalue weighted by Gasteiger charge is -2.06. The number of hydrogen-bond acceptors (Lipinski definition) is 1. The third kappa shape index (κ3) is 3.78. The van der Waals surface area contributed by atoms with E-state index in [0.29, 0.717) is 5.56 Å². The summed E-state index contributed by atoms with van der Waals surface area (Å²) in [4.78, 5) is 10.9. The van der Waals surface area contributed by atoms with Crippen LogP contribution in [-0.2, 0) is 25.7 Å². The van der Waals surface area contributed by atoms with E-state index in [9.17, 15) is 4.79 Å². The van der Waals surface area contributed by atoms with Crippen LogP contribution in [-0.4, -0.2) is 11.1 Å². The van der Waals surface area contributed by atoms with Gasteiger partial charge in [-0.2, -0.15) is 0 Å². The van der Waals surface area contributed by atoms with Gasteiger partial charge in [-0.05, 0) is 104 Å². The molecule has 0 radical (unpaired) electrons. The maximum Gasteiger partial charge on any atom is 0.335 e. The van der Waals surface area contributed by atoms with Crippen molar-refractivity contribution < 1.29 is 9.90 Å². The summed E-state index contributed by atoms with van der Waals surface area (Å²) in [6, 6.07) is 8.13. The Hall–Kier alpha value is -2.09. The topological polar surface area (TPSA) is 37.3 Å². The summed E-state index contributed by atoms with van der Waals surface area (Å²) in [6.45, 7) is 6.50. The van der Waals surface area contributed by atoms with Crippen LogP contribution in [0.25, 0.3) is 0 Å². The van der Waals surface area contributed by atoms with Crippen molar-refractivity contribution in [3.8, 4) is 0 Å². The highest BCUT2D eigenvalue weighted by Gasteiger charge is 2.19. The molecule has 2 aliphatic rings. The molecule has 0 unspecified atom stereocenters. The van der Waals surface area contributed by atoms with Gasteiger partial charge in [0.05, 0.1) is 5.56 Å². The molecule has 0 bridgehead atoms. The van der Waals surface area contributed by atoms with Crippen LogP contribution in [0.15, 0.2) is 24.3 Å². The second kappa shape index (κ2) is 7.86. The lowest BCUT2D eigenvalue weighted by molar-refractivity contribution is 0.0696. The summed E-state index contributed by atoms with van der Waals surface area (Å²) in [5.74, 6) is -0.793. The molecule has 0 fully saturated rings. The van der Waals surface area contributed by atoms with Crippen molar-refractivity contribution in [2.75, 3.05) is 0 Å². The number of carboxylic acid groups (broad SMARTS) is 1. The smallest absolute Gasteiger partial charge is 0.335 e. The molecule has 2 aromatic rings. The Kier molecular flexibility index (Phi) is 6.05. The molecular weight excluding hydrogens is 308 g/mol. The van der Waals surface area contributed by atoms with Crippen LogP contribution in [0.4, 0.5) is 0 Å². The number of aryl methyl sites for hydroxylation is 3. The minimum atomic E-state index is -0.793. The van der Waals surface area contributed by atoms with Gasteiger partial charge in [-0.3, -0.25) is 0 Å². The molecule has 25 heavy (non-hydrogen) atoms. The molecule has 0 spiro atoms. The highest BCUT2D eigenvalue weighted by molar-refractivity contribution is 5.90. The first-order valence-electron chi connectivity index (χ1n) is 8.91. The molecule has 1 N–H and O–H groups in total. The second-order valence-corrected chi connectivity index (χ2v) is 7.06. The van der Waals surface area contributed by atoms with Gasteiger partial charge >= 0.3 is 5.97 Å². The van der Waals surface area contributed by atoms with E-state index >= 15 is 0 Å². The highest BCUT2D eigenvalue weighted by atomic mass is 16.4. The molecule has 2 aromatic carbocycles. The average molecular weight is 338 g/mol. The standard InChI is InChI=1S/C11H12O2.C11H14.CH4/c1-7-5-6-10(11(12)13)9-4-2-3-8(7)9;1-8-6-7-9(2)11-5-3-4-10(8)11;/h5-6H,2-4H2,1H3,(H,12,13);6-7H,3-5H2,1-2H3;1H4. The lowest BCUT2D eigenvalue weighted by Crippen LogP contribution is -2.02. The van der Waals surface area contributed by atoms with E-state index in [1.54, 1.807) is 17.2 Å². The number of carboxylic acids is 1. The van der Waals surface area contributed by atoms with E-state index in [-0.39, 0.29) is 7.43 Å². The fourth-order valence-corrected chi connectivity index (χ4v) is 4.15. The quantitative estimate of drug-likeness (QED) is 0.734. The Morgan fingerprint density at radius 1 is 0.720 bits per heavy atom. The molecule has 4 rings (SSSR count). The van der Waals surface area contributed by atoms with Crippen LogP contribution >= 0.6 is 0 Å². The summed E-state index contributed by atoms with van der Waals surface area (Å²) >= 11 is 0. The van der Waals surface area contributed by atoms with Crippen LogP contribution in [0.5, 0.6) is 0 Å². The van der Waals surface area contributed by atoms with Gasteiger partial charge in [0.25, 0.3) is 0 Å². The number of fused-ring (bicyclic) bond motifs is 2. The number of rotatable bonds is 1. The fraction of sp³-hybridized carbons (Fsp3) is 0.435. The van der Waals surface area contributed by atoms with Crippen molar-refractivity contribution in [1.29, 1.82) is 0 Å². The maximum absolute atomic E-state index is 10.9. The lowest BCUT2D eigenvalue weighted by atomic mass is 9.99. The molecule has 0 aliphatic heterocycles. The third-order valence-corrected chi connectivity index (χ3v) is 5.50. The molecule has 2 aliphatic carbocycles. The van der Waals surface area contributed by atoms with Gasteiger partial charge in [-0.15, -0.1) is 0 Å². The Morgan fingerprint density at radius 3 is 1.52 bits per heavy atom. The summed E-state index contributed by atoms with van der Waals surface area (Å²) in [5, 5.41) is 8.94. The number of benzene rings is 2. The molecule has 2 heteroatoms. The van der Waals surface area contributed by atoms with Crippen molar-refractivity contribution in [3.63, 3.8) is 0 Å². The Labute approximate surface area is 151 Å². The maximum atomic E-state index is 10.9. The van der Waals surface area contributed by atoms with Gasteiger partial charge in [-0.1, -0.05) is 25.6 Å². The number of carbonyl (C=O) groups is 1. The normalized spacial score (nSPS) is 14.0. The molecule has 0 atom stereocenters. The molecule has 2 nitrogen and oxygen atoms in total. The molecule has 0 saturated carbocycles. The van der Waals surface area contributed by atoms with Gasteiger partial charge in [-0.25, -0.2) is 4.79 Å². The van der Waals surface area contributed by atoms with E-state index in [4.69, 9.17) is 5.11 Å². The van der Waals surface area contributed by atoms with Crippen molar-refractivity contribution >= 4 is 5.97 Å². The van der Waals surface area contributed by atoms with Crippen LogP contribution in [0, 0.1) is 20.8 Å². The van der Waals surface area contributed by atoms with E-state index < -0.39 is 5.97 Å². The van der Waals surface area contributed by atoms with E-state index in [0.717, 1.165) is 24.8 Å². The van der Waals surface area contributed by atoms with Crippen molar-refractivity contribution in [3.05, 3.63) is 68.8 Å². The van der Waals surface area contributed by atoms with Gasteiger partial charge in [0, 0.05) is 0 Å². The van der Waals surface area contributed by atoms with Crippen LogP contribution < -0.4 is 0 Å². The zero-order valence-electron chi connectivity index (χ0n) is 14.9. The first-order chi connectivity index (χ1) is 11.5. The third-order valence-electron chi connectivity index (χ3n) is 5.50. The Balaban J connectivity index is 0.000000175. The molecule has 0 saturated heterocycles. The molecule has 0 aromatic heterocycles. The predicted molar refractivity (Wildman–Crippen MR) is 105 cm³/mol. The highest BCUT2D eigenvalue weighted by Crippen LogP contribution is 2.28. The zero-order valence-corrected chi connectivity index (χ0v) is 14.9. The van der Waals surface area contributed by atoms with Gasteiger partial charge < -0.3 is 5.11 Å². The largest absolute Gasteiger partial charge is 0.478 e. The first-order valence-corrected chi connectivity index (χ1v) is 8.91. The minimum absolute atomic E-state index is 0. The second-order valence-electron chi connectivity index (χ2n) is 7.06. The molecule has 134 valence electrons. The van der Waals surface area contributed by atoms with Crippen molar-refractivity contribution in [2.24, 2.45) is 0 Å². The van der Waals surface area contributed by atoms with Crippen LogP contribution in [0.3, 0.4) is 0 Å². The molecule has 0 amide bonds. The first kappa shape index (κ1) is 19.2. The Bertz CT molecular complexity index is 758. The number of hydrogen-bond donors (Lipinski definition) is 1. The molecular formula is C23H30O2. The summed E-state index contributed by atoms with van der Waals surface area (Å²) in [6.07, 6.45) is 7.05. The molecule has 0 heterocycles. The Morgan fingerprint density at radius 2 is 1.08 bits per heavy atom. The van der Waals surface area contributed by atoms with E-state index in [1.165, 1.54) is 41.5 Å². The van der Waals surface area contributed by atoms with Gasteiger partial charge in [0.1, 0.15) is 0 Å². The zero-order chi connectivity index (χ0) is 17.3. The minimum Gasteiger partial charge on any atom is -0.478 e. The average Bonchev–Trinajstić information content (AvgIpc) is 3.21. The van der Waals surface area contributed by atoms with Gasteiger partial charge in [0.15, 0.2) is 0 Å². The van der Waals surface area contributed by atoms with Crippen molar-refractivity contribution in [2.45, 2.75) is 66.7 Å². The monoisotopic (exact) mass is 338 g/mol. The van der Waals surface area contributed by atoms with E-state index in [1.807, 2.05) is 6.07 Å². The van der Waals surface area contributed by atoms with E-state index in [2.05, 4.69) is 32.9 Å². The van der Waals surface area contributed by atoms with Crippen LogP contribution in [0.2, 0.25) is 0 Å². The number of aromatic carboxylic acids is 1. The SMILES string of the molecule is C.Cc1ccc(C(=O)O)c2c1CCC2.Cc1ccc(C)c2c1CCC2. The van der Waals surface area contributed by atoms with Gasteiger partial charge in [0.2, 0.25) is 0 Å². The fourth-order valence-electron chi connectivity index (χ4n) is 4.15. The summed E-state index contributed by atoms with van der Waals surface area (Å²) < 4.78 is 0.